The normalized spacial score (nSPS) is 12.6. The van der Waals surface area contributed by atoms with Crippen molar-refractivity contribution in [2.24, 2.45) is 0 Å². The van der Waals surface area contributed by atoms with E-state index in [0.717, 1.165) is 5.56 Å². The van der Waals surface area contributed by atoms with Gasteiger partial charge in [0.1, 0.15) is 5.60 Å². The minimum Gasteiger partial charge on any atom is -0.481 e. The molecule has 0 unspecified atom stereocenters. The summed E-state index contributed by atoms with van der Waals surface area (Å²) < 4.78 is 5.29. The fourth-order valence-electron chi connectivity index (χ4n) is 1.92. The van der Waals surface area contributed by atoms with Gasteiger partial charge in [-0.1, -0.05) is 23.7 Å². The van der Waals surface area contributed by atoms with Gasteiger partial charge in [0.2, 0.25) is 0 Å². The number of amides is 1. The van der Waals surface area contributed by atoms with Crippen molar-refractivity contribution < 1.29 is 19.4 Å². The van der Waals surface area contributed by atoms with Crippen LogP contribution in [-0.4, -0.2) is 40.8 Å². The zero-order valence-corrected chi connectivity index (χ0v) is 14.1. The molecule has 1 amide bonds. The van der Waals surface area contributed by atoms with Gasteiger partial charge in [-0.25, -0.2) is 4.79 Å². The van der Waals surface area contributed by atoms with Crippen molar-refractivity contribution in [3.8, 4) is 0 Å². The Morgan fingerprint density at radius 2 is 1.82 bits per heavy atom. The number of carboxylic acids is 1. The summed E-state index contributed by atoms with van der Waals surface area (Å²) in [5, 5.41) is 9.68. The zero-order chi connectivity index (χ0) is 16.9. The molecule has 0 bridgehead atoms. The minimum absolute atomic E-state index is 0.154. The van der Waals surface area contributed by atoms with Crippen LogP contribution >= 0.6 is 11.6 Å². The lowest BCUT2D eigenvalue weighted by Gasteiger charge is -2.30. The predicted molar refractivity (Wildman–Crippen MR) is 85.2 cm³/mol. The summed E-state index contributed by atoms with van der Waals surface area (Å²) in [5.74, 6) is -0.964. The Bertz CT molecular complexity index is 522. The van der Waals surface area contributed by atoms with E-state index in [0.29, 0.717) is 11.4 Å². The maximum atomic E-state index is 12.1. The van der Waals surface area contributed by atoms with Crippen molar-refractivity contribution in [2.75, 3.05) is 7.05 Å². The number of halogens is 1. The summed E-state index contributed by atoms with van der Waals surface area (Å²) in [6.07, 6.45) is -0.273. The molecule has 1 atom stereocenters. The average molecular weight is 328 g/mol. The molecule has 22 heavy (non-hydrogen) atoms. The van der Waals surface area contributed by atoms with E-state index in [1.165, 1.54) is 4.90 Å². The Hall–Kier alpha value is -1.75. The van der Waals surface area contributed by atoms with Crippen LogP contribution in [0, 0.1) is 0 Å². The molecule has 0 aliphatic carbocycles. The molecule has 0 spiro atoms. The second-order valence-electron chi connectivity index (χ2n) is 6.17. The first-order valence-electron chi connectivity index (χ1n) is 7.00. The highest BCUT2D eigenvalue weighted by Gasteiger charge is 2.27. The fraction of sp³-hybridized carbons (Fsp3) is 0.500. The lowest BCUT2D eigenvalue weighted by atomic mass is 10.0. The third-order valence-electron chi connectivity index (χ3n) is 3.02. The number of carbonyl (C=O) groups excluding carboxylic acids is 1. The van der Waals surface area contributed by atoms with Crippen molar-refractivity contribution in [3.05, 3.63) is 34.9 Å². The van der Waals surface area contributed by atoms with Gasteiger partial charge in [0.25, 0.3) is 0 Å². The van der Waals surface area contributed by atoms with Crippen molar-refractivity contribution in [3.63, 3.8) is 0 Å². The van der Waals surface area contributed by atoms with Crippen LogP contribution in [0.1, 0.15) is 32.8 Å². The molecule has 1 aromatic carbocycles. The van der Waals surface area contributed by atoms with E-state index in [9.17, 15) is 9.59 Å². The summed E-state index contributed by atoms with van der Waals surface area (Å²) >= 11 is 5.84. The van der Waals surface area contributed by atoms with Gasteiger partial charge in [0, 0.05) is 18.1 Å². The van der Waals surface area contributed by atoms with Gasteiger partial charge in [-0.15, -0.1) is 0 Å². The number of nitrogens with zero attached hydrogens (tertiary/aromatic N) is 1. The molecule has 0 radical (unpaired) electrons. The van der Waals surface area contributed by atoms with E-state index in [1.54, 1.807) is 40.0 Å². The minimum atomic E-state index is -0.964. The van der Waals surface area contributed by atoms with Gasteiger partial charge in [0.15, 0.2) is 0 Å². The van der Waals surface area contributed by atoms with E-state index < -0.39 is 23.7 Å². The maximum absolute atomic E-state index is 12.1. The molecule has 1 rings (SSSR count). The predicted octanol–water partition coefficient (Wildman–Crippen LogP) is 3.59. The molecule has 0 aliphatic rings. The van der Waals surface area contributed by atoms with Crippen LogP contribution < -0.4 is 0 Å². The summed E-state index contributed by atoms with van der Waals surface area (Å²) in [4.78, 5) is 24.5. The molecule has 1 N–H and O–H groups in total. The lowest BCUT2D eigenvalue weighted by molar-refractivity contribution is -0.138. The molecular formula is C16H22ClNO4. The van der Waals surface area contributed by atoms with E-state index in [1.807, 2.05) is 12.1 Å². The largest absolute Gasteiger partial charge is 0.481 e. The highest BCUT2D eigenvalue weighted by molar-refractivity contribution is 6.30. The molecule has 0 saturated heterocycles. The number of carbonyl (C=O) groups is 2. The van der Waals surface area contributed by atoms with Gasteiger partial charge in [0.05, 0.1) is 6.42 Å². The summed E-state index contributed by atoms with van der Waals surface area (Å²) in [5.41, 5.74) is 0.283. The summed E-state index contributed by atoms with van der Waals surface area (Å²) in [6.45, 7) is 5.30. The van der Waals surface area contributed by atoms with E-state index in [4.69, 9.17) is 21.4 Å². The number of hydrogen-bond acceptors (Lipinski definition) is 3. The van der Waals surface area contributed by atoms with E-state index in [-0.39, 0.29) is 6.42 Å². The molecule has 1 aromatic rings. The van der Waals surface area contributed by atoms with E-state index in [2.05, 4.69) is 0 Å². The second kappa shape index (κ2) is 7.49. The van der Waals surface area contributed by atoms with Crippen molar-refractivity contribution >= 4 is 23.7 Å². The first kappa shape index (κ1) is 18.3. The average Bonchev–Trinajstić information content (AvgIpc) is 2.37. The van der Waals surface area contributed by atoms with Crippen LogP contribution in [-0.2, 0) is 16.0 Å². The SMILES string of the molecule is CN(C(=O)OC(C)(C)C)[C@H](CC(=O)O)Cc1ccc(Cl)cc1. The Kier molecular flexibility index (Phi) is 6.23. The summed E-state index contributed by atoms with van der Waals surface area (Å²) in [6, 6.07) is 6.62. The van der Waals surface area contributed by atoms with Crippen LogP contribution in [0.4, 0.5) is 4.79 Å². The third-order valence-corrected chi connectivity index (χ3v) is 3.28. The standard InChI is InChI=1S/C16H22ClNO4/c1-16(2,3)22-15(21)18(4)13(10-14(19)20)9-11-5-7-12(17)8-6-11/h5-8,13H,9-10H2,1-4H3,(H,19,20)/t13-/m0/s1. The van der Waals surface area contributed by atoms with Crippen LogP contribution in [0.3, 0.4) is 0 Å². The molecule has 0 heterocycles. The number of aliphatic carboxylic acids is 1. The quantitative estimate of drug-likeness (QED) is 0.897. The fourth-order valence-corrected chi connectivity index (χ4v) is 2.05. The van der Waals surface area contributed by atoms with Crippen LogP contribution in [0.5, 0.6) is 0 Å². The number of ether oxygens (including phenoxy) is 1. The second-order valence-corrected chi connectivity index (χ2v) is 6.61. The lowest BCUT2D eigenvalue weighted by Crippen LogP contribution is -2.42. The number of likely N-dealkylation sites (N-methyl/N-ethyl adjacent to an activating group) is 1. The Morgan fingerprint density at radius 3 is 2.27 bits per heavy atom. The Morgan fingerprint density at radius 1 is 1.27 bits per heavy atom. The monoisotopic (exact) mass is 327 g/mol. The molecule has 122 valence electrons. The zero-order valence-electron chi connectivity index (χ0n) is 13.3. The molecular weight excluding hydrogens is 306 g/mol. The van der Waals surface area contributed by atoms with Crippen molar-refractivity contribution in [1.82, 2.24) is 4.90 Å². The van der Waals surface area contributed by atoms with Gasteiger partial charge < -0.3 is 14.7 Å². The van der Waals surface area contributed by atoms with Gasteiger partial charge >= 0.3 is 12.1 Å². The molecule has 0 aromatic heterocycles. The highest BCUT2D eigenvalue weighted by atomic mass is 35.5. The molecule has 0 aliphatic heterocycles. The first-order valence-corrected chi connectivity index (χ1v) is 7.38. The molecule has 6 heteroatoms. The number of rotatable bonds is 5. The topological polar surface area (TPSA) is 66.8 Å². The molecule has 0 fully saturated rings. The van der Waals surface area contributed by atoms with Crippen molar-refractivity contribution in [1.29, 1.82) is 0 Å². The number of carboxylic acid groups (broad SMARTS) is 1. The van der Waals surface area contributed by atoms with Gasteiger partial charge in [-0.05, 0) is 44.9 Å². The van der Waals surface area contributed by atoms with Gasteiger partial charge in [-0.3, -0.25) is 4.79 Å². The Labute approximate surface area is 135 Å². The summed E-state index contributed by atoms with van der Waals surface area (Å²) in [7, 11) is 1.55. The van der Waals surface area contributed by atoms with E-state index >= 15 is 0 Å². The smallest absolute Gasteiger partial charge is 0.410 e. The number of hydrogen-bond donors (Lipinski definition) is 1. The first-order chi connectivity index (χ1) is 10.1. The van der Waals surface area contributed by atoms with Gasteiger partial charge in [-0.2, -0.15) is 0 Å². The molecule has 0 saturated carbocycles. The Balaban J connectivity index is 2.85. The van der Waals surface area contributed by atoms with Crippen LogP contribution in [0.25, 0.3) is 0 Å². The maximum Gasteiger partial charge on any atom is 0.410 e. The van der Waals surface area contributed by atoms with Crippen LogP contribution in [0.15, 0.2) is 24.3 Å². The molecule has 5 nitrogen and oxygen atoms in total. The number of benzene rings is 1. The highest BCUT2D eigenvalue weighted by Crippen LogP contribution is 2.17. The third kappa shape index (κ3) is 6.35. The van der Waals surface area contributed by atoms with Crippen LogP contribution in [0.2, 0.25) is 5.02 Å². The van der Waals surface area contributed by atoms with Crippen molar-refractivity contribution in [2.45, 2.75) is 45.3 Å².